The summed E-state index contributed by atoms with van der Waals surface area (Å²) in [4.78, 5) is 17.7. The summed E-state index contributed by atoms with van der Waals surface area (Å²) in [6.07, 6.45) is 1.00. The Labute approximate surface area is 193 Å². The Bertz CT molecular complexity index is 1240. The number of amides is 1. The standard InChI is InChI=1S/C24H27N3O3S2/c1-16-7-8-23(17(2)13-16)32(29,30)27-11-9-19(10-12-27)24(28)26-21-6-4-5-20(14-21)22-15-31-18(3)25-22/h4-8,13-15,19H,9-12H2,1-3H3,(H,26,28). The summed E-state index contributed by atoms with van der Waals surface area (Å²) >= 11 is 1.59. The lowest BCUT2D eigenvalue weighted by atomic mass is 9.97. The lowest BCUT2D eigenvalue weighted by molar-refractivity contribution is -0.120. The van der Waals surface area contributed by atoms with E-state index in [0.29, 0.717) is 30.8 Å². The summed E-state index contributed by atoms with van der Waals surface area (Å²) in [6, 6.07) is 13.0. The van der Waals surface area contributed by atoms with Crippen LogP contribution < -0.4 is 5.32 Å². The topological polar surface area (TPSA) is 79.4 Å². The van der Waals surface area contributed by atoms with Gasteiger partial charge in [0, 0.05) is 35.6 Å². The van der Waals surface area contributed by atoms with Gasteiger partial charge in [-0.2, -0.15) is 4.31 Å². The second kappa shape index (κ2) is 9.13. The second-order valence-electron chi connectivity index (χ2n) is 8.27. The number of carbonyl (C=O) groups excluding carboxylic acids is 1. The van der Waals surface area contributed by atoms with Gasteiger partial charge in [0.1, 0.15) is 0 Å². The Morgan fingerprint density at radius 1 is 1.09 bits per heavy atom. The molecular formula is C24H27N3O3S2. The highest BCUT2D eigenvalue weighted by molar-refractivity contribution is 7.89. The maximum atomic E-state index is 13.1. The van der Waals surface area contributed by atoms with Crippen LogP contribution in [-0.4, -0.2) is 36.7 Å². The van der Waals surface area contributed by atoms with Crippen LogP contribution in [0.4, 0.5) is 5.69 Å². The summed E-state index contributed by atoms with van der Waals surface area (Å²) in [5, 5.41) is 6.00. The van der Waals surface area contributed by atoms with E-state index in [4.69, 9.17) is 0 Å². The monoisotopic (exact) mass is 469 g/mol. The van der Waals surface area contributed by atoms with Gasteiger partial charge in [-0.15, -0.1) is 11.3 Å². The van der Waals surface area contributed by atoms with Crippen LogP contribution in [0.2, 0.25) is 0 Å². The summed E-state index contributed by atoms with van der Waals surface area (Å²) in [5.41, 5.74) is 4.37. The van der Waals surface area contributed by atoms with Crippen molar-refractivity contribution in [3.63, 3.8) is 0 Å². The SMILES string of the molecule is Cc1ccc(S(=O)(=O)N2CCC(C(=O)Nc3cccc(-c4csc(C)n4)c3)CC2)c(C)c1. The predicted octanol–water partition coefficient (Wildman–Crippen LogP) is 4.77. The Balaban J connectivity index is 1.40. The molecule has 0 spiro atoms. The number of carbonyl (C=O) groups is 1. The zero-order chi connectivity index (χ0) is 22.9. The van der Waals surface area contributed by atoms with E-state index in [1.165, 1.54) is 4.31 Å². The number of hydrogen-bond acceptors (Lipinski definition) is 5. The molecule has 1 saturated heterocycles. The van der Waals surface area contributed by atoms with E-state index in [1.54, 1.807) is 17.4 Å². The molecule has 1 amide bonds. The fourth-order valence-corrected chi connectivity index (χ4v) is 6.38. The quantitative estimate of drug-likeness (QED) is 0.583. The zero-order valence-corrected chi connectivity index (χ0v) is 20.1. The first-order chi connectivity index (χ1) is 15.2. The number of aromatic nitrogens is 1. The lowest BCUT2D eigenvalue weighted by Crippen LogP contribution is -2.41. The average molecular weight is 470 g/mol. The van der Waals surface area contributed by atoms with Crippen molar-refractivity contribution >= 4 is 33.0 Å². The van der Waals surface area contributed by atoms with Crippen molar-refractivity contribution in [2.75, 3.05) is 18.4 Å². The van der Waals surface area contributed by atoms with Crippen molar-refractivity contribution in [3.05, 3.63) is 64.0 Å². The molecule has 32 heavy (non-hydrogen) atoms. The maximum absolute atomic E-state index is 13.1. The second-order valence-corrected chi connectivity index (χ2v) is 11.2. The predicted molar refractivity (Wildman–Crippen MR) is 128 cm³/mol. The van der Waals surface area contributed by atoms with Crippen molar-refractivity contribution < 1.29 is 13.2 Å². The highest BCUT2D eigenvalue weighted by Crippen LogP contribution is 2.28. The Morgan fingerprint density at radius 3 is 2.50 bits per heavy atom. The highest BCUT2D eigenvalue weighted by Gasteiger charge is 2.32. The van der Waals surface area contributed by atoms with Crippen molar-refractivity contribution in [1.82, 2.24) is 9.29 Å². The van der Waals surface area contributed by atoms with Crippen LogP contribution in [0.15, 0.2) is 52.7 Å². The van der Waals surface area contributed by atoms with E-state index in [2.05, 4.69) is 10.3 Å². The molecule has 3 aromatic rings. The average Bonchev–Trinajstić information content (AvgIpc) is 3.20. The summed E-state index contributed by atoms with van der Waals surface area (Å²) in [7, 11) is -3.56. The molecule has 0 bridgehead atoms. The Morgan fingerprint density at radius 2 is 1.84 bits per heavy atom. The number of benzene rings is 2. The number of nitrogens with zero attached hydrogens (tertiary/aromatic N) is 2. The van der Waals surface area contributed by atoms with Gasteiger partial charge in [-0.05, 0) is 57.4 Å². The van der Waals surface area contributed by atoms with E-state index >= 15 is 0 Å². The first-order valence-electron chi connectivity index (χ1n) is 10.6. The first kappa shape index (κ1) is 22.6. The fourth-order valence-electron chi connectivity index (χ4n) is 4.08. The summed E-state index contributed by atoms with van der Waals surface area (Å²) in [6.45, 7) is 6.41. The van der Waals surface area contributed by atoms with Gasteiger partial charge in [-0.3, -0.25) is 4.79 Å². The van der Waals surface area contributed by atoms with Gasteiger partial charge >= 0.3 is 0 Å². The van der Waals surface area contributed by atoms with Gasteiger partial charge in [0.2, 0.25) is 15.9 Å². The molecule has 6 nitrogen and oxygen atoms in total. The molecule has 2 aromatic carbocycles. The lowest BCUT2D eigenvalue weighted by Gasteiger charge is -2.31. The van der Waals surface area contributed by atoms with E-state index in [9.17, 15) is 13.2 Å². The maximum Gasteiger partial charge on any atom is 0.243 e. The van der Waals surface area contributed by atoms with Crippen LogP contribution in [0, 0.1) is 26.7 Å². The minimum absolute atomic E-state index is 0.0693. The number of rotatable bonds is 5. The third-order valence-electron chi connectivity index (χ3n) is 5.82. The molecule has 168 valence electrons. The summed E-state index contributed by atoms with van der Waals surface area (Å²) in [5.74, 6) is -0.286. The zero-order valence-electron chi connectivity index (χ0n) is 18.5. The van der Waals surface area contributed by atoms with E-state index in [0.717, 1.165) is 33.1 Å². The summed E-state index contributed by atoms with van der Waals surface area (Å²) < 4.78 is 27.7. The molecule has 2 heterocycles. The van der Waals surface area contributed by atoms with Crippen LogP contribution >= 0.6 is 11.3 Å². The minimum atomic E-state index is -3.56. The molecule has 0 aliphatic carbocycles. The number of piperidine rings is 1. The van der Waals surface area contributed by atoms with Crippen LogP contribution in [0.3, 0.4) is 0 Å². The van der Waals surface area contributed by atoms with Crippen molar-refractivity contribution in [2.24, 2.45) is 5.92 Å². The van der Waals surface area contributed by atoms with Gasteiger partial charge in [0.25, 0.3) is 0 Å². The molecule has 1 N–H and O–H groups in total. The number of aryl methyl sites for hydroxylation is 3. The Hall–Kier alpha value is -2.55. The number of anilines is 1. The van der Waals surface area contributed by atoms with Crippen LogP contribution in [0.25, 0.3) is 11.3 Å². The molecule has 4 rings (SSSR count). The molecular weight excluding hydrogens is 442 g/mol. The van der Waals surface area contributed by atoms with Crippen molar-refractivity contribution in [1.29, 1.82) is 0 Å². The van der Waals surface area contributed by atoms with Gasteiger partial charge in [0.15, 0.2) is 0 Å². The Kier molecular flexibility index (Phi) is 6.46. The first-order valence-corrected chi connectivity index (χ1v) is 13.0. The largest absolute Gasteiger partial charge is 0.326 e. The van der Waals surface area contributed by atoms with Crippen molar-refractivity contribution in [2.45, 2.75) is 38.5 Å². The molecule has 1 aliphatic rings. The molecule has 0 atom stereocenters. The molecule has 0 saturated carbocycles. The normalized spacial score (nSPS) is 15.6. The van der Waals surface area contributed by atoms with Gasteiger partial charge in [-0.1, -0.05) is 29.8 Å². The van der Waals surface area contributed by atoms with E-state index < -0.39 is 10.0 Å². The molecule has 1 aromatic heterocycles. The van der Waals surface area contributed by atoms with E-state index in [-0.39, 0.29) is 11.8 Å². The number of sulfonamides is 1. The van der Waals surface area contributed by atoms with Crippen LogP contribution in [0.5, 0.6) is 0 Å². The van der Waals surface area contributed by atoms with Gasteiger partial charge in [-0.25, -0.2) is 13.4 Å². The number of nitrogens with one attached hydrogen (secondary N) is 1. The van der Waals surface area contributed by atoms with Crippen LogP contribution in [-0.2, 0) is 14.8 Å². The van der Waals surface area contributed by atoms with Gasteiger partial charge in [0.05, 0.1) is 15.6 Å². The number of hydrogen-bond donors (Lipinski definition) is 1. The molecule has 1 aliphatic heterocycles. The number of thiazole rings is 1. The smallest absolute Gasteiger partial charge is 0.243 e. The van der Waals surface area contributed by atoms with Gasteiger partial charge < -0.3 is 5.32 Å². The molecule has 8 heteroatoms. The minimum Gasteiger partial charge on any atom is -0.326 e. The van der Waals surface area contributed by atoms with Crippen molar-refractivity contribution in [3.8, 4) is 11.3 Å². The molecule has 1 fully saturated rings. The highest BCUT2D eigenvalue weighted by atomic mass is 32.2. The third-order valence-corrected chi connectivity index (χ3v) is 8.65. The van der Waals surface area contributed by atoms with Crippen LogP contribution in [0.1, 0.15) is 29.0 Å². The molecule has 0 radical (unpaired) electrons. The van der Waals surface area contributed by atoms with E-state index in [1.807, 2.05) is 62.5 Å². The molecule has 0 unspecified atom stereocenters. The fraction of sp³-hybridized carbons (Fsp3) is 0.333. The third kappa shape index (κ3) is 4.77.